The maximum atomic E-state index is 11.3. The van der Waals surface area contributed by atoms with E-state index in [0.29, 0.717) is 22.9 Å². The summed E-state index contributed by atoms with van der Waals surface area (Å²) in [5.74, 6) is 0.406. The van der Waals surface area contributed by atoms with Gasteiger partial charge in [0.1, 0.15) is 11.6 Å². The maximum Gasteiger partial charge on any atom is 0.248 e. The summed E-state index contributed by atoms with van der Waals surface area (Å²) in [6.07, 6.45) is 3.57. The summed E-state index contributed by atoms with van der Waals surface area (Å²) in [4.78, 5) is 17.6. The summed E-state index contributed by atoms with van der Waals surface area (Å²) in [6.45, 7) is 1.73. The Morgan fingerprint density at radius 3 is 3.04 bits per heavy atom. The number of anilines is 1. The number of nitriles is 1. The lowest BCUT2D eigenvalue weighted by Crippen LogP contribution is -2.21. The molecule has 6 nitrogen and oxygen atoms in total. The van der Waals surface area contributed by atoms with Crippen LogP contribution in [-0.2, 0) is 6.42 Å². The highest BCUT2D eigenvalue weighted by molar-refractivity contribution is 5.92. The molecule has 1 aliphatic rings. The van der Waals surface area contributed by atoms with E-state index in [9.17, 15) is 10.1 Å². The van der Waals surface area contributed by atoms with Crippen LogP contribution >= 0.6 is 0 Å². The summed E-state index contributed by atoms with van der Waals surface area (Å²) in [6, 6.07) is 11.5. The van der Waals surface area contributed by atoms with Crippen LogP contribution in [0, 0.1) is 17.2 Å². The molecule has 2 aromatic rings. The Hall–Kier alpha value is -3.07. The topological polar surface area (TPSA) is 92.2 Å². The molecule has 3 rings (SSSR count). The molecule has 0 bridgehead atoms. The molecule has 0 saturated carbocycles. The predicted octanol–water partition coefficient (Wildman–Crippen LogP) is 2.13. The zero-order chi connectivity index (χ0) is 17.8. The average molecular weight is 336 g/mol. The molecular formula is C19H20N4O2. The number of benzene rings is 1. The lowest BCUT2D eigenvalue weighted by Gasteiger charge is -2.20. The van der Waals surface area contributed by atoms with Crippen molar-refractivity contribution in [3.63, 3.8) is 0 Å². The molecule has 0 radical (unpaired) electrons. The van der Waals surface area contributed by atoms with Crippen LogP contribution in [0.1, 0.15) is 27.9 Å². The molecule has 1 aliphatic heterocycles. The molecule has 1 aromatic heterocycles. The number of nitrogens with two attached hydrogens (primary N) is 1. The van der Waals surface area contributed by atoms with Gasteiger partial charge in [0.25, 0.3) is 0 Å². The molecule has 1 fully saturated rings. The van der Waals surface area contributed by atoms with E-state index >= 15 is 0 Å². The molecule has 2 heterocycles. The third-order valence-corrected chi connectivity index (χ3v) is 4.56. The van der Waals surface area contributed by atoms with Gasteiger partial charge in [-0.05, 0) is 42.5 Å². The average Bonchev–Trinajstić information content (AvgIpc) is 3.09. The monoisotopic (exact) mass is 336 g/mol. The van der Waals surface area contributed by atoms with E-state index in [0.717, 1.165) is 37.2 Å². The summed E-state index contributed by atoms with van der Waals surface area (Å²) in [5, 5.41) is 9.43. The number of nitrogens with zero attached hydrogens (tertiary/aromatic N) is 3. The van der Waals surface area contributed by atoms with Crippen molar-refractivity contribution in [2.24, 2.45) is 11.7 Å². The predicted molar refractivity (Wildman–Crippen MR) is 94.5 cm³/mol. The second kappa shape index (κ2) is 7.22. The molecule has 1 atom stereocenters. The van der Waals surface area contributed by atoms with Crippen LogP contribution in [-0.4, -0.2) is 31.1 Å². The Bertz CT molecular complexity index is 828. The number of aromatic nitrogens is 1. The van der Waals surface area contributed by atoms with Gasteiger partial charge in [-0.3, -0.25) is 4.79 Å². The highest BCUT2D eigenvalue weighted by atomic mass is 16.5. The fourth-order valence-corrected chi connectivity index (χ4v) is 3.36. The van der Waals surface area contributed by atoms with Crippen molar-refractivity contribution in [2.75, 3.05) is 25.1 Å². The number of carbonyl (C=O) groups excluding carboxylic acids is 1. The van der Waals surface area contributed by atoms with Crippen LogP contribution in [0.3, 0.4) is 0 Å². The van der Waals surface area contributed by atoms with E-state index in [1.807, 2.05) is 24.3 Å². The minimum atomic E-state index is -0.405. The Morgan fingerprint density at radius 2 is 2.32 bits per heavy atom. The van der Waals surface area contributed by atoms with Crippen LogP contribution in [0.5, 0.6) is 5.88 Å². The SMILES string of the molecule is COc1nccc(N2CC[C@@H](Cc3cccc(C(N)=O)c3)C2)c1C#N. The Kier molecular flexibility index (Phi) is 4.85. The fourth-order valence-electron chi connectivity index (χ4n) is 3.36. The number of primary amides is 1. The molecule has 6 heteroatoms. The van der Waals surface area contributed by atoms with E-state index in [2.05, 4.69) is 16.0 Å². The van der Waals surface area contributed by atoms with Crippen molar-refractivity contribution in [3.05, 3.63) is 53.2 Å². The highest BCUT2D eigenvalue weighted by Crippen LogP contribution is 2.31. The van der Waals surface area contributed by atoms with E-state index in [4.69, 9.17) is 10.5 Å². The molecule has 1 aromatic carbocycles. The molecule has 1 amide bonds. The normalized spacial score (nSPS) is 16.5. The van der Waals surface area contributed by atoms with Crippen molar-refractivity contribution in [3.8, 4) is 11.9 Å². The number of pyridine rings is 1. The summed E-state index contributed by atoms with van der Waals surface area (Å²) in [7, 11) is 1.52. The zero-order valence-corrected chi connectivity index (χ0v) is 14.1. The Balaban J connectivity index is 1.74. The van der Waals surface area contributed by atoms with E-state index < -0.39 is 5.91 Å². The standard InChI is InChI=1S/C19H20N4O2/c1-25-19-16(11-20)17(5-7-22-19)23-8-6-14(12-23)9-13-3-2-4-15(10-13)18(21)24/h2-5,7,10,14H,6,8-9,12H2,1H3,(H2,21,24)/t14-/m0/s1. The molecule has 1 saturated heterocycles. The maximum absolute atomic E-state index is 11.3. The van der Waals surface area contributed by atoms with E-state index in [-0.39, 0.29) is 0 Å². The number of hydrogen-bond donors (Lipinski definition) is 1. The Labute approximate surface area is 146 Å². The first kappa shape index (κ1) is 16.8. The van der Waals surface area contributed by atoms with Gasteiger partial charge in [0, 0.05) is 24.8 Å². The van der Waals surface area contributed by atoms with Crippen molar-refractivity contribution >= 4 is 11.6 Å². The van der Waals surface area contributed by atoms with Gasteiger partial charge in [-0.1, -0.05) is 12.1 Å². The van der Waals surface area contributed by atoms with Gasteiger partial charge >= 0.3 is 0 Å². The molecular weight excluding hydrogens is 316 g/mol. The molecule has 2 N–H and O–H groups in total. The minimum Gasteiger partial charge on any atom is -0.480 e. The second-order valence-corrected chi connectivity index (χ2v) is 6.20. The lowest BCUT2D eigenvalue weighted by atomic mass is 9.97. The Morgan fingerprint density at radius 1 is 1.48 bits per heavy atom. The van der Waals surface area contributed by atoms with Gasteiger partial charge in [-0.25, -0.2) is 4.98 Å². The van der Waals surface area contributed by atoms with Crippen LogP contribution in [0.2, 0.25) is 0 Å². The molecule has 25 heavy (non-hydrogen) atoms. The number of rotatable bonds is 5. The first-order chi connectivity index (χ1) is 12.1. The van der Waals surface area contributed by atoms with Crippen molar-refractivity contribution in [1.82, 2.24) is 4.98 Å². The van der Waals surface area contributed by atoms with Gasteiger partial charge in [0.05, 0.1) is 12.8 Å². The van der Waals surface area contributed by atoms with Gasteiger partial charge in [-0.2, -0.15) is 5.26 Å². The van der Waals surface area contributed by atoms with Crippen LogP contribution in [0.15, 0.2) is 36.5 Å². The fraction of sp³-hybridized carbons (Fsp3) is 0.316. The third-order valence-electron chi connectivity index (χ3n) is 4.56. The largest absolute Gasteiger partial charge is 0.480 e. The van der Waals surface area contributed by atoms with Crippen LogP contribution < -0.4 is 15.4 Å². The first-order valence-corrected chi connectivity index (χ1v) is 8.19. The molecule has 0 spiro atoms. The van der Waals surface area contributed by atoms with E-state index in [1.165, 1.54) is 7.11 Å². The van der Waals surface area contributed by atoms with Crippen LogP contribution in [0.4, 0.5) is 5.69 Å². The van der Waals surface area contributed by atoms with Crippen molar-refractivity contribution in [2.45, 2.75) is 12.8 Å². The molecule has 0 unspecified atom stereocenters. The quantitative estimate of drug-likeness (QED) is 0.903. The van der Waals surface area contributed by atoms with Gasteiger partial charge in [-0.15, -0.1) is 0 Å². The second-order valence-electron chi connectivity index (χ2n) is 6.20. The third kappa shape index (κ3) is 3.56. The number of hydrogen-bond acceptors (Lipinski definition) is 5. The van der Waals surface area contributed by atoms with E-state index in [1.54, 1.807) is 12.3 Å². The highest BCUT2D eigenvalue weighted by Gasteiger charge is 2.26. The van der Waals surface area contributed by atoms with Crippen LogP contribution in [0.25, 0.3) is 0 Å². The lowest BCUT2D eigenvalue weighted by molar-refractivity contribution is 0.1000. The summed E-state index contributed by atoms with van der Waals surface area (Å²) < 4.78 is 5.19. The van der Waals surface area contributed by atoms with Gasteiger partial charge < -0.3 is 15.4 Å². The number of carbonyl (C=O) groups is 1. The molecule has 128 valence electrons. The van der Waals surface area contributed by atoms with Gasteiger partial charge in [0.15, 0.2) is 0 Å². The number of amides is 1. The summed E-state index contributed by atoms with van der Waals surface area (Å²) >= 11 is 0. The zero-order valence-electron chi connectivity index (χ0n) is 14.1. The smallest absolute Gasteiger partial charge is 0.248 e. The van der Waals surface area contributed by atoms with Crippen molar-refractivity contribution in [1.29, 1.82) is 5.26 Å². The van der Waals surface area contributed by atoms with Crippen molar-refractivity contribution < 1.29 is 9.53 Å². The summed E-state index contributed by atoms with van der Waals surface area (Å²) in [5.41, 5.74) is 8.34. The minimum absolute atomic E-state index is 0.359. The molecule has 0 aliphatic carbocycles. The number of ether oxygens (including phenoxy) is 1. The van der Waals surface area contributed by atoms with Gasteiger partial charge in [0.2, 0.25) is 11.8 Å². The first-order valence-electron chi connectivity index (χ1n) is 8.19. The number of methoxy groups -OCH3 is 1.